The number of hydrogen-bond donors (Lipinski definition) is 1. The zero-order valence-corrected chi connectivity index (χ0v) is 18.6. The first-order valence-electron chi connectivity index (χ1n) is 10.2. The Labute approximate surface area is 190 Å². The van der Waals surface area contributed by atoms with Gasteiger partial charge in [0.05, 0.1) is 27.0 Å². The Balaban J connectivity index is 1.54. The van der Waals surface area contributed by atoms with Crippen molar-refractivity contribution in [1.29, 1.82) is 0 Å². The number of benzene rings is 2. The molecule has 0 radical (unpaired) electrons. The molecule has 2 aromatic carbocycles. The number of hydrogen-bond acceptors (Lipinski definition) is 6. The van der Waals surface area contributed by atoms with Gasteiger partial charge in [-0.3, -0.25) is 9.59 Å². The molecule has 0 atom stereocenters. The molecule has 1 amide bonds. The van der Waals surface area contributed by atoms with E-state index in [1.54, 1.807) is 51.9 Å². The molecule has 0 bridgehead atoms. The van der Waals surface area contributed by atoms with Crippen LogP contribution in [0.4, 0.5) is 0 Å². The van der Waals surface area contributed by atoms with E-state index in [0.29, 0.717) is 35.0 Å². The van der Waals surface area contributed by atoms with E-state index in [2.05, 4.69) is 10.4 Å². The smallest absolute Gasteiger partial charge is 0.277 e. The van der Waals surface area contributed by atoms with Gasteiger partial charge in [-0.05, 0) is 30.3 Å². The molecule has 170 valence electrons. The van der Waals surface area contributed by atoms with Gasteiger partial charge in [0, 0.05) is 30.1 Å². The number of carbonyl (C=O) groups is 1. The minimum Gasteiger partial charge on any atom is -0.496 e. The van der Waals surface area contributed by atoms with E-state index >= 15 is 0 Å². The summed E-state index contributed by atoms with van der Waals surface area (Å²) in [6, 6.07) is 14.5. The standard InChI is InChI=1S/C24H24N4O5/c1-31-20-7-5-4-6-17(20)14-25-23(29)15-27-10-11-28-19(24(27)30)13-18(26-28)16-8-9-21(32-2)22(12-16)33-3/h4-13H,14-15H2,1-3H3,(H,25,29). The predicted octanol–water partition coefficient (Wildman–Crippen LogP) is 2.51. The van der Waals surface area contributed by atoms with Crippen LogP contribution in [-0.2, 0) is 17.9 Å². The maximum atomic E-state index is 13.0. The lowest BCUT2D eigenvalue weighted by Gasteiger charge is -2.10. The molecule has 2 heterocycles. The Morgan fingerprint density at radius 3 is 2.45 bits per heavy atom. The van der Waals surface area contributed by atoms with Gasteiger partial charge in [0.1, 0.15) is 17.8 Å². The molecular weight excluding hydrogens is 424 g/mol. The molecule has 2 aromatic heterocycles. The van der Waals surface area contributed by atoms with Gasteiger partial charge in [-0.25, -0.2) is 4.52 Å². The number of ether oxygens (including phenoxy) is 3. The first kappa shape index (κ1) is 21.9. The van der Waals surface area contributed by atoms with E-state index in [1.165, 1.54) is 9.08 Å². The molecule has 1 N–H and O–H groups in total. The maximum absolute atomic E-state index is 13.0. The van der Waals surface area contributed by atoms with E-state index in [-0.39, 0.29) is 18.0 Å². The highest BCUT2D eigenvalue weighted by Gasteiger charge is 2.13. The van der Waals surface area contributed by atoms with Crippen molar-refractivity contribution in [3.05, 3.63) is 76.8 Å². The molecular formula is C24H24N4O5. The van der Waals surface area contributed by atoms with Gasteiger partial charge in [-0.15, -0.1) is 0 Å². The number of amides is 1. The van der Waals surface area contributed by atoms with Crippen LogP contribution in [0.1, 0.15) is 5.56 Å². The van der Waals surface area contributed by atoms with Crippen LogP contribution in [0.3, 0.4) is 0 Å². The average molecular weight is 448 g/mol. The van der Waals surface area contributed by atoms with Crippen molar-refractivity contribution in [3.63, 3.8) is 0 Å². The summed E-state index contributed by atoms with van der Waals surface area (Å²) in [6.07, 6.45) is 3.19. The van der Waals surface area contributed by atoms with Crippen LogP contribution in [0.15, 0.2) is 65.7 Å². The Morgan fingerprint density at radius 2 is 1.70 bits per heavy atom. The Morgan fingerprint density at radius 1 is 0.939 bits per heavy atom. The van der Waals surface area contributed by atoms with E-state index in [4.69, 9.17) is 14.2 Å². The van der Waals surface area contributed by atoms with Gasteiger partial charge in [-0.2, -0.15) is 5.10 Å². The molecule has 0 saturated carbocycles. The average Bonchev–Trinajstić information content (AvgIpc) is 3.29. The quantitative estimate of drug-likeness (QED) is 0.445. The van der Waals surface area contributed by atoms with Crippen molar-refractivity contribution >= 4 is 11.4 Å². The molecule has 0 fully saturated rings. The van der Waals surface area contributed by atoms with Crippen LogP contribution < -0.4 is 25.1 Å². The van der Waals surface area contributed by atoms with Gasteiger partial charge in [0.2, 0.25) is 5.91 Å². The second-order valence-electron chi connectivity index (χ2n) is 7.25. The van der Waals surface area contributed by atoms with Crippen molar-refractivity contribution in [2.24, 2.45) is 0 Å². The van der Waals surface area contributed by atoms with E-state index in [1.807, 2.05) is 30.3 Å². The molecule has 4 rings (SSSR count). The number of fused-ring (bicyclic) bond motifs is 1. The molecule has 0 unspecified atom stereocenters. The number of nitrogens with one attached hydrogen (secondary N) is 1. The third kappa shape index (κ3) is 4.52. The monoisotopic (exact) mass is 448 g/mol. The molecule has 0 aliphatic carbocycles. The first-order chi connectivity index (χ1) is 16.0. The van der Waals surface area contributed by atoms with Crippen molar-refractivity contribution in [2.75, 3.05) is 21.3 Å². The van der Waals surface area contributed by atoms with Crippen molar-refractivity contribution < 1.29 is 19.0 Å². The Bertz CT molecular complexity index is 1360. The number of rotatable bonds is 8. The van der Waals surface area contributed by atoms with E-state index in [0.717, 1.165) is 11.1 Å². The lowest BCUT2D eigenvalue weighted by atomic mass is 10.1. The summed E-state index contributed by atoms with van der Waals surface area (Å²) in [4.78, 5) is 25.4. The highest BCUT2D eigenvalue weighted by molar-refractivity contribution is 5.76. The fourth-order valence-corrected chi connectivity index (χ4v) is 3.54. The van der Waals surface area contributed by atoms with Gasteiger partial charge in [0.25, 0.3) is 5.56 Å². The number of aromatic nitrogens is 3. The fourth-order valence-electron chi connectivity index (χ4n) is 3.54. The third-order valence-corrected chi connectivity index (χ3v) is 5.27. The summed E-state index contributed by atoms with van der Waals surface area (Å²) >= 11 is 0. The predicted molar refractivity (Wildman–Crippen MR) is 123 cm³/mol. The minimum absolute atomic E-state index is 0.110. The SMILES string of the molecule is COc1ccccc1CNC(=O)Cn1ccn2nc(-c3ccc(OC)c(OC)c3)cc2c1=O. The number of carbonyl (C=O) groups excluding carboxylic acids is 1. The van der Waals surface area contributed by atoms with Gasteiger partial charge in [0.15, 0.2) is 11.5 Å². The fraction of sp³-hybridized carbons (Fsp3) is 0.208. The molecule has 0 saturated heterocycles. The lowest BCUT2D eigenvalue weighted by molar-refractivity contribution is -0.121. The summed E-state index contributed by atoms with van der Waals surface area (Å²) in [6.45, 7) is 0.192. The normalized spacial score (nSPS) is 10.8. The molecule has 0 aliphatic heterocycles. The largest absolute Gasteiger partial charge is 0.496 e. The number of para-hydroxylation sites is 1. The van der Waals surface area contributed by atoms with Crippen molar-refractivity contribution in [2.45, 2.75) is 13.1 Å². The summed E-state index contributed by atoms with van der Waals surface area (Å²) in [5.41, 5.74) is 2.28. The highest BCUT2D eigenvalue weighted by atomic mass is 16.5. The van der Waals surface area contributed by atoms with Crippen molar-refractivity contribution in [1.82, 2.24) is 19.5 Å². The number of nitrogens with zero attached hydrogens (tertiary/aromatic N) is 3. The molecule has 9 nitrogen and oxygen atoms in total. The summed E-state index contributed by atoms with van der Waals surface area (Å²) in [5.74, 6) is 1.58. The van der Waals surface area contributed by atoms with Gasteiger partial charge < -0.3 is 24.1 Å². The minimum atomic E-state index is -0.316. The third-order valence-electron chi connectivity index (χ3n) is 5.27. The van der Waals surface area contributed by atoms with Crippen LogP contribution in [0.25, 0.3) is 16.8 Å². The topological polar surface area (TPSA) is 96.1 Å². The maximum Gasteiger partial charge on any atom is 0.277 e. The molecule has 0 aliphatic rings. The van der Waals surface area contributed by atoms with Crippen LogP contribution in [0, 0.1) is 0 Å². The zero-order chi connectivity index (χ0) is 23.4. The van der Waals surface area contributed by atoms with Crippen LogP contribution in [-0.4, -0.2) is 41.4 Å². The first-order valence-corrected chi connectivity index (χ1v) is 10.2. The summed E-state index contributed by atoms with van der Waals surface area (Å²) < 4.78 is 18.8. The highest BCUT2D eigenvalue weighted by Crippen LogP contribution is 2.31. The van der Waals surface area contributed by atoms with Gasteiger partial charge in [-0.1, -0.05) is 18.2 Å². The van der Waals surface area contributed by atoms with Crippen LogP contribution in [0.5, 0.6) is 17.2 Å². The zero-order valence-electron chi connectivity index (χ0n) is 18.6. The molecule has 0 spiro atoms. The summed E-state index contributed by atoms with van der Waals surface area (Å²) in [7, 11) is 4.71. The molecule has 33 heavy (non-hydrogen) atoms. The Hall–Kier alpha value is -4.27. The molecule has 9 heteroatoms. The van der Waals surface area contributed by atoms with Crippen LogP contribution in [0.2, 0.25) is 0 Å². The van der Waals surface area contributed by atoms with E-state index < -0.39 is 0 Å². The van der Waals surface area contributed by atoms with Crippen molar-refractivity contribution in [3.8, 4) is 28.5 Å². The second kappa shape index (κ2) is 9.47. The lowest BCUT2D eigenvalue weighted by Crippen LogP contribution is -2.32. The van der Waals surface area contributed by atoms with Crippen LogP contribution >= 0.6 is 0 Å². The van der Waals surface area contributed by atoms with E-state index in [9.17, 15) is 9.59 Å². The second-order valence-corrected chi connectivity index (χ2v) is 7.25. The molecule has 4 aromatic rings. The Kier molecular flexibility index (Phi) is 6.30. The summed E-state index contributed by atoms with van der Waals surface area (Å²) in [5, 5.41) is 7.31. The van der Waals surface area contributed by atoms with Gasteiger partial charge >= 0.3 is 0 Å². The number of methoxy groups -OCH3 is 3.